The first-order valence-corrected chi connectivity index (χ1v) is 9.42. The second kappa shape index (κ2) is 8.80. The topological polar surface area (TPSA) is 87.3 Å². The van der Waals surface area contributed by atoms with Crippen LogP contribution < -0.4 is 15.4 Å². The van der Waals surface area contributed by atoms with Gasteiger partial charge in [0.25, 0.3) is 5.91 Å². The fourth-order valence-corrected chi connectivity index (χ4v) is 3.90. The van der Waals surface area contributed by atoms with Crippen LogP contribution in [-0.2, 0) is 10.0 Å². The van der Waals surface area contributed by atoms with Crippen LogP contribution in [0.4, 0.5) is 0 Å². The Morgan fingerprint density at radius 3 is 2.42 bits per heavy atom. The molecule has 0 spiro atoms. The van der Waals surface area contributed by atoms with Gasteiger partial charge in [0.05, 0.1) is 4.90 Å². The van der Waals surface area contributed by atoms with Gasteiger partial charge in [-0.1, -0.05) is 6.92 Å². The molecule has 0 bridgehead atoms. The number of rotatable bonds is 5. The number of amides is 1. The van der Waals surface area contributed by atoms with E-state index in [1.807, 2.05) is 0 Å². The first-order valence-electron chi connectivity index (χ1n) is 7.93. The summed E-state index contributed by atoms with van der Waals surface area (Å²) in [5, 5.41) is 6.32. The highest BCUT2D eigenvalue weighted by Gasteiger charge is 2.23. The quantitative estimate of drug-likeness (QED) is 0.728. The standard InChI is InChI=1S/C16H25N3O3S.ClH/c1-11(2)19-23(21,22)14-6-4-13(5-7-14)16(20)18-15-8-9-17-10-12(15)3;/h4-7,11-12,15,17,19H,8-10H2,1-3H3,(H,18,20);1H. The maximum absolute atomic E-state index is 12.3. The van der Waals surface area contributed by atoms with E-state index in [-0.39, 0.29) is 35.3 Å². The molecule has 1 aliphatic rings. The molecule has 1 aromatic rings. The van der Waals surface area contributed by atoms with Crippen molar-refractivity contribution in [3.8, 4) is 0 Å². The molecule has 136 valence electrons. The number of benzene rings is 1. The lowest BCUT2D eigenvalue weighted by atomic mass is 9.95. The Morgan fingerprint density at radius 1 is 1.25 bits per heavy atom. The van der Waals surface area contributed by atoms with Crippen LogP contribution in [0, 0.1) is 5.92 Å². The number of sulfonamides is 1. The first-order chi connectivity index (χ1) is 10.8. The van der Waals surface area contributed by atoms with Crippen LogP contribution in [0.3, 0.4) is 0 Å². The van der Waals surface area contributed by atoms with Gasteiger partial charge in [-0.2, -0.15) is 0 Å². The Labute approximate surface area is 150 Å². The van der Waals surface area contributed by atoms with Gasteiger partial charge in [-0.3, -0.25) is 4.79 Å². The molecular formula is C16H26ClN3O3S. The maximum atomic E-state index is 12.3. The second-order valence-electron chi connectivity index (χ2n) is 6.35. The Hall–Kier alpha value is -1.15. The van der Waals surface area contributed by atoms with Crippen molar-refractivity contribution < 1.29 is 13.2 Å². The number of carbonyl (C=O) groups excluding carboxylic acids is 1. The average Bonchev–Trinajstić information content (AvgIpc) is 2.48. The van der Waals surface area contributed by atoms with Gasteiger partial charge < -0.3 is 10.6 Å². The third-order valence-electron chi connectivity index (χ3n) is 3.92. The molecule has 2 unspecified atom stereocenters. The van der Waals surface area contributed by atoms with Gasteiger partial charge >= 0.3 is 0 Å². The van der Waals surface area contributed by atoms with Gasteiger partial charge in [-0.05, 0) is 63.5 Å². The number of halogens is 1. The molecule has 0 radical (unpaired) electrons. The molecule has 1 saturated heterocycles. The van der Waals surface area contributed by atoms with E-state index in [0.717, 1.165) is 19.5 Å². The monoisotopic (exact) mass is 375 g/mol. The fraction of sp³-hybridized carbons (Fsp3) is 0.562. The van der Waals surface area contributed by atoms with Crippen molar-refractivity contribution in [1.29, 1.82) is 0 Å². The number of nitrogens with one attached hydrogen (secondary N) is 3. The largest absolute Gasteiger partial charge is 0.349 e. The van der Waals surface area contributed by atoms with E-state index >= 15 is 0 Å². The molecule has 1 aliphatic heterocycles. The number of carbonyl (C=O) groups is 1. The molecule has 0 aliphatic carbocycles. The maximum Gasteiger partial charge on any atom is 0.251 e. The third-order valence-corrected chi connectivity index (χ3v) is 5.59. The summed E-state index contributed by atoms with van der Waals surface area (Å²) in [5.41, 5.74) is 0.472. The zero-order valence-corrected chi connectivity index (χ0v) is 15.8. The molecule has 1 fully saturated rings. The zero-order valence-electron chi connectivity index (χ0n) is 14.2. The highest BCUT2D eigenvalue weighted by Crippen LogP contribution is 2.14. The minimum Gasteiger partial charge on any atom is -0.349 e. The summed E-state index contributed by atoms with van der Waals surface area (Å²) in [6.45, 7) is 7.42. The second-order valence-corrected chi connectivity index (χ2v) is 8.06. The van der Waals surface area contributed by atoms with E-state index in [1.165, 1.54) is 12.1 Å². The molecule has 24 heavy (non-hydrogen) atoms. The first kappa shape index (κ1) is 20.9. The van der Waals surface area contributed by atoms with Crippen molar-refractivity contribution in [2.24, 2.45) is 5.92 Å². The van der Waals surface area contributed by atoms with Crippen LogP contribution in [-0.4, -0.2) is 39.5 Å². The number of hydrogen-bond donors (Lipinski definition) is 3. The van der Waals surface area contributed by atoms with Crippen LogP contribution in [0.25, 0.3) is 0 Å². The van der Waals surface area contributed by atoms with Crippen LogP contribution in [0.2, 0.25) is 0 Å². The highest BCUT2D eigenvalue weighted by molar-refractivity contribution is 7.89. The minimum absolute atomic E-state index is 0. The van der Waals surface area contributed by atoms with Gasteiger partial charge in [-0.25, -0.2) is 13.1 Å². The van der Waals surface area contributed by atoms with Gasteiger partial charge in [0.2, 0.25) is 10.0 Å². The van der Waals surface area contributed by atoms with Crippen molar-refractivity contribution in [2.75, 3.05) is 13.1 Å². The molecule has 0 aromatic heterocycles. The molecule has 1 heterocycles. The molecule has 0 saturated carbocycles. The van der Waals surface area contributed by atoms with E-state index in [4.69, 9.17) is 0 Å². The molecule has 2 atom stereocenters. The summed E-state index contributed by atoms with van der Waals surface area (Å²) >= 11 is 0. The molecule has 1 aromatic carbocycles. The number of hydrogen-bond acceptors (Lipinski definition) is 4. The summed E-state index contributed by atoms with van der Waals surface area (Å²) in [6.07, 6.45) is 0.900. The lowest BCUT2D eigenvalue weighted by molar-refractivity contribution is 0.0914. The predicted octanol–water partition coefficient (Wildman–Crippen LogP) is 1.52. The molecular weight excluding hydrogens is 350 g/mol. The smallest absolute Gasteiger partial charge is 0.251 e. The minimum atomic E-state index is -3.53. The summed E-state index contributed by atoms with van der Waals surface area (Å²) in [7, 11) is -3.53. The Morgan fingerprint density at radius 2 is 1.88 bits per heavy atom. The van der Waals surface area contributed by atoms with E-state index in [2.05, 4.69) is 22.3 Å². The highest BCUT2D eigenvalue weighted by atomic mass is 35.5. The zero-order chi connectivity index (χ0) is 17.0. The Bertz CT molecular complexity index is 647. The van der Waals surface area contributed by atoms with Crippen molar-refractivity contribution in [3.05, 3.63) is 29.8 Å². The average molecular weight is 376 g/mol. The van der Waals surface area contributed by atoms with Crippen molar-refractivity contribution >= 4 is 28.3 Å². The fourth-order valence-electron chi connectivity index (χ4n) is 2.64. The van der Waals surface area contributed by atoms with Crippen LogP contribution >= 0.6 is 12.4 Å². The van der Waals surface area contributed by atoms with Crippen LogP contribution in [0.15, 0.2) is 29.2 Å². The summed E-state index contributed by atoms with van der Waals surface area (Å²) in [6, 6.07) is 6.00. The van der Waals surface area contributed by atoms with E-state index < -0.39 is 10.0 Å². The molecule has 1 amide bonds. The molecule has 8 heteroatoms. The third kappa shape index (κ3) is 5.44. The van der Waals surface area contributed by atoms with E-state index in [9.17, 15) is 13.2 Å². The van der Waals surface area contributed by atoms with E-state index in [0.29, 0.717) is 11.5 Å². The molecule has 2 rings (SSSR count). The SMILES string of the molecule is CC(C)NS(=O)(=O)c1ccc(C(=O)NC2CCNCC2C)cc1.Cl. The van der Waals surface area contributed by atoms with Crippen molar-refractivity contribution in [2.45, 2.75) is 44.2 Å². The lowest BCUT2D eigenvalue weighted by Crippen LogP contribution is -2.48. The number of piperidine rings is 1. The van der Waals surface area contributed by atoms with Gasteiger partial charge in [0.1, 0.15) is 0 Å². The molecule has 6 nitrogen and oxygen atoms in total. The Balaban J connectivity index is 0.00000288. The normalized spacial score (nSPS) is 21.2. The lowest BCUT2D eigenvalue weighted by Gasteiger charge is -2.30. The summed E-state index contributed by atoms with van der Waals surface area (Å²) in [4.78, 5) is 12.5. The van der Waals surface area contributed by atoms with Gasteiger partial charge in [0, 0.05) is 17.6 Å². The van der Waals surface area contributed by atoms with Crippen LogP contribution in [0.1, 0.15) is 37.6 Å². The van der Waals surface area contributed by atoms with Crippen molar-refractivity contribution in [1.82, 2.24) is 15.4 Å². The predicted molar refractivity (Wildman–Crippen MR) is 97.1 cm³/mol. The summed E-state index contributed by atoms with van der Waals surface area (Å²) < 4.78 is 26.7. The Kier molecular flexibility index (Phi) is 7.66. The van der Waals surface area contributed by atoms with Crippen molar-refractivity contribution in [3.63, 3.8) is 0 Å². The van der Waals surface area contributed by atoms with Crippen LogP contribution in [0.5, 0.6) is 0 Å². The van der Waals surface area contributed by atoms with Gasteiger partial charge in [0.15, 0.2) is 0 Å². The molecule has 3 N–H and O–H groups in total. The van der Waals surface area contributed by atoms with Gasteiger partial charge in [-0.15, -0.1) is 12.4 Å². The summed E-state index contributed by atoms with van der Waals surface area (Å²) in [5.74, 6) is 0.215. The van der Waals surface area contributed by atoms with E-state index in [1.54, 1.807) is 26.0 Å².